The SMILES string of the molecule is CC(=O)NC(c1ccccn1)C1CCC(CNC(=O)CN2CCCCC2)CC1. The average molecular weight is 387 g/mol. The lowest BCUT2D eigenvalue weighted by Crippen LogP contribution is -2.42. The van der Waals surface area contributed by atoms with Gasteiger partial charge in [-0.05, 0) is 75.6 Å². The van der Waals surface area contributed by atoms with Crippen molar-refractivity contribution < 1.29 is 9.59 Å². The van der Waals surface area contributed by atoms with Crippen LogP contribution in [0.5, 0.6) is 0 Å². The molecule has 1 saturated carbocycles. The van der Waals surface area contributed by atoms with E-state index < -0.39 is 0 Å². The number of nitrogens with zero attached hydrogens (tertiary/aromatic N) is 2. The van der Waals surface area contributed by atoms with E-state index in [0.29, 0.717) is 18.4 Å². The van der Waals surface area contributed by atoms with E-state index >= 15 is 0 Å². The van der Waals surface area contributed by atoms with Gasteiger partial charge in [0, 0.05) is 19.7 Å². The van der Waals surface area contributed by atoms with E-state index in [2.05, 4.69) is 20.5 Å². The van der Waals surface area contributed by atoms with Crippen LogP contribution in [0.1, 0.15) is 63.6 Å². The van der Waals surface area contributed by atoms with Crippen LogP contribution in [-0.4, -0.2) is 47.9 Å². The third-order valence-corrected chi connectivity index (χ3v) is 6.13. The number of amides is 2. The lowest BCUT2D eigenvalue weighted by atomic mass is 9.77. The monoisotopic (exact) mass is 386 g/mol. The summed E-state index contributed by atoms with van der Waals surface area (Å²) in [5.41, 5.74) is 0.941. The van der Waals surface area contributed by atoms with Crippen LogP contribution >= 0.6 is 0 Å². The fraction of sp³-hybridized carbons (Fsp3) is 0.682. The summed E-state index contributed by atoms with van der Waals surface area (Å²) in [4.78, 5) is 30.6. The Kier molecular flexibility index (Phi) is 7.83. The van der Waals surface area contributed by atoms with Crippen LogP contribution in [0.2, 0.25) is 0 Å². The van der Waals surface area contributed by atoms with E-state index in [1.807, 2.05) is 18.2 Å². The Balaban J connectivity index is 1.43. The van der Waals surface area contributed by atoms with E-state index in [1.165, 1.54) is 19.3 Å². The van der Waals surface area contributed by atoms with Crippen molar-refractivity contribution in [2.24, 2.45) is 11.8 Å². The van der Waals surface area contributed by atoms with E-state index in [-0.39, 0.29) is 17.9 Å². The van der Waals surface area contributed by atoms with Gasteiger partial charge < -0.3 is 10.6 Å². The maximum Gasteiger partial charge on any atom is 0.234 e. The second kappa shape index (κ2) is 10.6. The number of piperidine rings is 1. The van der Waals surface area contributed by atoms with E-state index in [0.717, 1.165) is 51.0 Å². The van der Waals surface area contributed by atoms with Crippen LogP contribution in [0.4, 0.5) is 0 Å². The number of nitrogens with one attached hydrogen (secondary N) is 2. The normalized spacial score (nSPS) is 24.3. The molecule has 0 aromatic carbocycles. The van der Waals surface area contributed by atoms with Crippen LogP contribution in [0.3, 0.4) is 0 Å². The quantitative estimate of drug-likeness (QED) is 0.756. The maximum atomic E-state index is 12.2. The van der Waals surface area contributed by atoms with Crippen molar-refractivity contribution >= 4 is 11.8 Å². The zero-order chi connectivity index (χ0) is 19.8. The highest BCUT2D eigenvalue weighted by Crippen LogP contribution is 2.36. The fourth-order valence-corrected chi connectivity index (χ4v) is 4.57. The summed E-state index contributed by atoms with van der Waals surface area (Å²) in [5.74, 6) is 1.08. The number of hydrogen-bond acceptors (Lipinski definition) is 4. The second-order valence-corrected chi connectivity index (χ2v) is 8.35. The van der Waals surface area contributed by atoms with Crippen LogP contribution in [0.15, 0.2) is 24.4 Å². The smallest absolute Gasteiger partial charge is 0.234 e. The molecule has 6 heteroatoms. The van der Waals surface area contributed by atoms with E-state index in [4.69, 9.17) is 0 Å². The van der Waals surface area contributed by atoms with Crippen LogP contribution in [-0.2, 0) is 9.59 Å². The fourth-order valence-electron chi connectivity index (χ4n) is 4.57. The highest BCUT2D eigenvalue weighted by Gasteiger charge is 2.30. The van der Waals surface area contributed by atoms with Crippen molar-refractivity contribution in [3.63, 3.8) is 0 Å². The first-order valence-corrected chi connectivity index (χ1v) is 10.8. The minimum absolute atomic E-state index is 0.0113. The zero-order valence-electron chi connectivity index (χ0n) is 17.0. The lowest BCUT2D eigenvalue weighted by Gasteiger charge is -2.34. The summed E-state index contributed by atoms with van der Waals surface area (Å²) in [5, 5.41) is 6.24. The first-order chi connectivity index (χ1) is 13.6. The molecule has 2 aliphatic rings. The molecule has 0 spiro atoms. The second-order valence-electron chi connectivity index (χ2n) is 8.35. The van der Waals surface area contributed by atoms with Crippen LogP contribution in [0.25, 0.3) is 0 Å². The van der Waals surface area contributed by atoms with Gasteiger partial charge >= 0.3 is 0 Å². The standard InChI is InChI=1S/C22H34N4O2/c1-17(27)25-22(20-7-3-4-12-23-20)19-10-8-18(9-11-19)15-24-21(28)16-26-13-5-2-6-14-26/h3-4,7,12,18-19,22H,2,5-6,8-11,13-16H2,1H3,(H,24,28)(H,25,27). The molecule has 1 saturated heterocycles. The Morgan fingerprint density at radius 2 is 1.89 bits per heavy atom. The van der Waals surface area contributed by atoms with Gasteiger partial charge in [-0.2, -0.15) is 0 Å². The molecule has 2 amide bonds. The Hall–Kier alpha value is -1.95. The Morgan fingerprint density at radius 1 is 1.14 bits per heavy atom. The third-order valence-electron chi connectivity index (χ3n) is 6.13. The molecular weight excluding hydrogens is 352 g/mol. The van der Waals surface area contributed by atoms with Crippen LogP contribution in [0, 0.1) is 11.8 Å². The molecule has 1 aliphatic heterocycles. The zero-order valence-corrected chi connectivity index (χ0v) is 17.0. The highest BCUT2D eigenvalue weighted by molar-refractivity contribution is 5.78. The maximum absolute atomic E-state index is 12.2. The molecule has 0 bridgehead atoms. The Bertz CT molecular complexity index is 623. The minimum Gasteiger partial charge on any atom is -0.355 e. The van der Waals surface area contributed by atoms with E-state index in [9.17, 15) is 9.59 Å². The van der Waals surface area contributed by atoms with Crippen molar-refractivity contribution in [2.45, 2.75) is 57.9 Å². The van der Waals surface area contributed by atoms with E-state index in [1.54, 1.807) is 13.1 Å². The predicted molar refractivity (Wildman–Crippen MR) is 110 cm³/mol. The highest BCUT2D eigenvalue weighted by atomic mass is 16.2. The summed E-state index contributed by atoms with van der Waals surface area (Å²) in [6.45, 7) is 4.99. The van der Waals surface area contributed by atoms with Gasteiger partial charge in [-0.3, -0.25) is 19.5 Å². The summed E-state index contributed by atoms with van der Waals surface area (Å²) in [6.07, 6.45) is 9.76. The molecule has 1 aromatic heterocycles. The molecule has 28 heavy (non-hydrogen) atoms. The van der Waals surface area contributed by atoms with Crippen molar-refractivity contribution in [3.05, 3.63) is 30.1 Å². The van der Waals surface area contributed by atoms with Gasteiger partial charge in [0.05, 0.1) is 18.3 Å². The number of rotatable bonds is 7. The number of aromatic nitrogens is 1. The molecule has 2 N–H and O–H groups in total. The first kappa shape index (κ1) is 20.8. The molecule has 2 heterocycles. The summed E-state index contributed by atoms with van der Waals surface area (Å²) >= 11 is 0. The van der Waals surface area contributed by atoms with Crippen molar-refractivity contribution in [3.8, 4) is 0 Å². The number of likely N-dealkylation sites (tertiary alicyclic amines) is 1. The molecular formula is C22H34N4O2. The first-order valence-electron chi connectivity index (χ1n) is 10.8. The Labute approximate surface area is 168 Å². The topological polar surface area (TPSA) is 74.3 Å². The molecule has 0 radical (unpaired) electrons. The molecule has 1 unspecified atom stereocenters. The molecule has 1 aliphatic carbocycles. The van der Waals surface area contributed by atoms with Crippen molar-refractivity contribution in [2.75, 3.05) is 26.2 Å². The largest absolute Gasteiger partial charge is 0.355 e. The van der Waals surface area contributed by atoms with Gasteiger partial charge in [0.1, 0.15) is 0 Å². The molecule has 2 fully saturated rings. The van der Waals surface area contributed by atoms with Crippen molar-refractivity contribution in [1.29, 1.82) is 0 Å². The minimum atomic E-state index is -0.0201. The van der Waals surface area contributed by atoms with Crippen LogP contribution < -0.4 is 10.6 Å². The summed E-state index contributed by atoms with van der Waals surface area (Å²) < 4.78 is 0. The molecule has 3 rings (SSSR count). The third kappa shape index (κ3) is 6.30. The molecule has 154 valence electrons. The van der Waals surface area contributed by atoms with Gasteiger partial charge in [0.2, 0.25) is 11.8 Å². The number of pyridine rings is 1. The van der Waals surface area contributed by atoms with Gasteiger partial charge in [-0.15, -0.1) is 0 Å². The van der Waals surface area contributed by atoms with Gasteiger partial charge in [-0.25, -0.2) is 0 Å². The average Bonchev–Trinajstić information content (AvgIpc) is 2.72. The molecule has 1 aromatic rings. The van der Waals surface area contributed by atoms with Gasteiger partial charge in [0.25, 0.3) is 0 Å². The summed E-state index contributed by atoms with van der Waals surface area (Å²) in [7, 11) is 0. The molecule has 1 atom stereocenters. The summed E-state index contributed by atoms with van der Waals surface area (Å²) in [6, 6.07) is 5.85. The Morgan fingerprint density at radius 3 is 2.54 bits per heavy atom. The van der Waals surface area contributed by atoms with Gasteiger partial charge in [0.15, 0.2) is 0 Å². The van der Waals surface area contributed by atoms with Gasteiger partial charge in [-0.1, -0.05) is 12.5 Å². The predicted octanol–water partition coefficient (Wildman–Crippen LogP) is 2.67. The van der Waals surface area contributed by atoms with Crippen molar-refractivity contribution in [1.82, 2.24) is 20.5 Å². The number of carbonyl (C=O) groups is 2. The molecule has 6 nitrogen and oxygen atoms in total. The number of hydrogen-bond donors (Lipinski definition) is 2. The number of carbonyl (C=O) groups excluding carboxylic acids is 2. The lowest BCUT2D eigenvalue weighted by molar-refractivity contribution is -0.123.